The molecule has 0 radical (unpaired) electrons. The van der Waals surface area contributed by atoms with E-state index in [1.807, 2.05) is 17.8 Å². The summed E-state index contributed by atoms with van der Waals surface area (Å²) in [6.45, 7) is 0. The summed E-state index contributed by atoms with van der Waals surface area (Å²) in [4.78, 5) is 0. The molecule has 138 valence electrons. The summed E-state index contributed by atoms with van der Waals surface area (Å²) in [6, 6.07) is 0. The molecule has 0 unspecified atom stereocenters. The average molecular weight is 546 g/mol. The monoisotopic (exact) mass is 546 g/mol. The van der Waals surface area contributed by atoms with Crippen LogP contribution in [0.5, 0.6) is 0 Å². The Morgan fingerprint density at radius 3 is 1.40 bits per heavy atom. The van der Waals surface area contributed by atoms with Crippen molar-refractivity contribution >= 4 is 24.8 Å². The van der Waals surface area contributed by atoms with Crippen molar-refractivity contribution in [2.75, 3.05) is 0 Å². The summed E-state index contributed by atoms with van der Waals surface area (Å²) < 4.78 is 3.92. The number of hydrogen-bond acceptors (Lipinski definition) is 0. The molecule has 0 aromatic heterocycles. The zero-order chi connectivity index (χ0) is 15.5. The van der Waals surface area contributed by atoms with Crippen LogP contribution in [0.15, 0.2) is 42.1 Å². The first-order chi connectivity index (χ1) is 11.4. The maximum absolute atomic E-state index is 2.53. The Morgan fingerprint density at radius 1 is 0.600 bits per heavy atom. The first kappa shape index (κ1) is 21.7. The van der Waals surface area contributed by atoms with Crippen molar-refractivity contribution in [2.24, 2.45) is 11.8 Å². The normalized spacial score (nSPS) is 24.5. The van der Waals surface area contributed by atoms with E-state index >= 15 is 0 Å². The van der Waals surface area contributed by atoms with Gasteiger partial charge in [0.05, 0.1) is 0 Å². The Morgan fingerprint density at radius 2 is 1.00 bits per heavy atom. The maximum atomic E-state index is 2.53. The van der Waals surface area contributed by atoms with Crippen LogP contribution in [0.25, 0.3) is 0 Å². The molecule has 0 N–H and O–H groups in total. The average Bonchev–Trinajstić information content (AvgIpc) is 3.26. The molecular formula is C22H32Cl2Hf. The van der Waals surface area contributed by atoms with Gasteiger partial charge in [0.25, 0.3) is 0 Å². The predicted molar refractivity (Wildman–Crippen MR) is 109 cm³/mol. The van der Waals surface area contributed by atoms with Gasteiger partial charge in [-0.25, -0.2) is 0 Å². The standard InChI is InChI=1S/2C11H15.2ClH.Hf/c2*1-2-6-10(7-3-1)11-8-4-5-9-11;;;/h2*4,8,10H,1-3,5-7H2;2*1H;. The molecule has 2 fully saturated rings. The Labute approximate surface area is 177 Å². The van der Waals surface area contributed by atoms with Gasteiger partial charge in [-0.2, -0.15) is 0 Å². The molecule has 0 spiro atoms. The van der Waals surface area contributed by atoms with Gasteiger partial charge in [-0.15, -0.1) is 24.8 Å². The van der Waals surface area contributed by atoms with Crippen LogP contribution in [0.1, 0.15) is 77.0 Å². The van der Waals surface area contributed by atoms with Crippen molar-refractivity contribution in [1.29, 1.82) is 0 Å². The van der Waals surface area contributed by atoms with Crippen molar-refractivity contribution in [3.8, 4) is 0 Å². The van der Waals surface area contributed by atoms with Crippen molar-refractivity contribution in [3.05, 3.63) is 42.1 Å². The number of allylic oxidation sites excluding steroid dienone is 8. The zero-order valence-electron chi connectivity index (χ0n) is 15.3. The summed E-state index contributed by atoms with van der Waals surface area (Å²) in [7, 11) is 0. The Bertz CT molecular complexity index is 509. The topological polar surface area (TPSA) is 0 Å². The summed E-state index contributed by atoms with van der Waals surface area (Å²) in [5, 5.41) is 0. The van der Waals surface area contributed by atoms with Crippen molar-refractivity contribution in [3.63, 3.8) is 0 Å². The van der Waals surface area contributed by atoms with Crippen molar-refractivity contribution in [2.45, 2.75) is 77.0 Å². The van der Waals surface area contributed by atoms with Gasteiger partial charge in [-0.05, 0) is 0 Å². The summed E-state index contributed by atoms with van der Waals surface area (Å²) in [5.74, 6) is 1.86. The fourth-order valence-electron chi connectivity index (χ4n) is 5.07. The molecule has 0 saturated heterocycles. The fraction of sp³-hybridized carbons (Fsp3) is 0.636. The maximum Gasteiger partial charge on any atom is -0.147 e. The molecule has 0 heterocycles. The smallest absolute Gasteiger partial charge is 0.147 e. The third-order valence-corrected chi connectivity index (χ3v) is 12.0. The second-order valence-corrected chi connectivity index (χ2v) is 13.1. The summed E-state index contributed by atoms with van der Waals surface area (Å²) >= 11 is -0.771. The van der Waals surface area contributed by atoms with Crippen molar-refractivity contribution in [1.82, 2.24) is 0 Å². The molecule has 0 nitrogen and oxygen atoms in total. The molecule has 0 aliphatic heterocycles. The molecule has 2 saturated carbocycles. The Kier molecular flexibility index (Phi) is 9.26. The van der Waals surface area contributed by atoms with Gasteiger partial charge in [0.15, 0.2) is 0 Å². The molecule has 3 heteroatoms. The quantitative estimate of drug-likeness (QED) is 0.321. The van der Waals surface area contributed by atoms with E-state index in [1.165, 1.54) is 77.0 Å². The van der Waals surface area contributed by atoms with Crippen LogP contribution in [0, 0.1) is 11.8 Å². The van der Waals surface area contributed by atoms with Crippen LogP contribution < -0.4 is 0 Å². The van der Waals surface area contributed by atoms with Crippen LogP contribution in [0.3, 0.4) is 0 Å². The first-order valence-corrected chi connectivity index (χ1v) is 13.6. The minimum atomic E-state index is -0.771. The Hall–Kier alpha value is 0.410. The van der Waals surface area contributed by atoms with Crippen molar-refractivity contribution < 1.29 is 22.9 Å². The SMILES string of the molecule is C1=CC(C2CCCCC2)=[C]([Hf][C]2=C(C3CCCCC3)C=CC2)C1.Cl.Cl. The third kappa shape index (κ3) is 5.23. The van der Waals surface area contributed by atoms with E-state index in [4.69, 9.17) is 0 Å². The minimum Gasteiger partial charge on any atom is -0.147 e. The van der Waals surface area contributed by atoms with E-state index in [0.717, 1.165) is 11.8 Å². The van der Waals surface area contributed by atoms with Crippen LogP contribution in [0.4, 0.5) is 0 Å². The minimum absolute atomic E-state index is 0. The van der Waals surface area contributed by atoms with Crippen LogP contribution >= 0.6 is 24.8 Å². The molecule has 4 aliphatic carbocycles. The number of hydrogen-bond donors (Lipinski definition) is 0. The van der Waals surface area contributed by atoms with Crippen LogP contribution in [-0.2, 0) is 22.9 Å². The van der Waals surface area contributed by atoms with Gasteiger partial charge in [0, 0.05) is 0 Å². The second kappa shape index (κ2) is 10.7. The van der Waals surface area contributed by atoms with E-state index in [2.05, 4.69) is 24.3 Å². The molecule has 0 amide bonds. The van der Waals surface area contributed by atoms with Gasteiger partial charge in [0.2, 0.25) is 0 Å². The predicted octanol–water partition coefficient (Wildman–Crippen LogP) is 7.50. The molecule has 0 bridgehead atoms. The summed E-state index contributed by atoms with van der Waals surface area (Å²) in [5.41, 5.74) is 3.66. The molecule has 0 aromatic carbocycles. The van der Waals surface area contributed by atoms with Gasteiger partial charge in [-0.3, -0.25) is 0 Å². The molecule has 0 atom stereocenters. The fourth-order valence-corrected chi connectivity index (χ4v) is 11.1. The van der Waals surface area contributed by atoms with E-state index < -0.39 is 22.9 Å². The third-order valence-electron chi connectivity index (χ3n) is 6.33. The van der Waals surface area contributed by atoms with Gasteiger partial charge < -0.3 is 0 Å². The molecule has 0 aromatic rings. The van der Waals surface area contributed by atoms with Gasteiger partial charge >= 0.3 is 154 Å². The molecule has 4 aliphatic rings. The Balaban J connectivity index is 0.00000113. The van der Waals surface area contributed by atoms with Crippen LogP contribution in [0.2, 0.25) is 0 Å². The van der Waals surface area contributed by atoms with E-state index in [1.54, 1.807) is 0 Å². The van der Waals surface area contributed by atoms with Gasteiger partial charge in [-0.1, -0.05) is 0 Å². The van der Waals surface area contributed by atoms with Gasteiger partial charge in [0.1, 0.15) is 0 Å². The van der Waals surface area contributed by atoms with E-state index in [-0.39, 0.29) is 24.8 Å². The van der Waals surface area contributed by atoms with E-state index in [0.29, 0.717) is 0 Å². The summed E-state index contributed by atoms with van der Waals surface area (Å²) in [6.07, 6.45) is 27.4. The molecule has 25 heavy (non-hydrogen) atoms. The second-order valence-electron chi connectivity index (χ2n) is 7.88. The first-order valence-electron chi connectivity index (χ1n) is 9.98. The molecular weight excluding hydrogens is 514 g/mol. The largest absolute Gasteiger partial charge is 0.147 e. The number of rotatable bonds is 4. The zero-order valence-corrected chi connectivity index (χ0v) is 20.5. The number of halogens is 2. The molecule has 4 rings (SSSR count). The van der Waals surface area contributed by atoms with Crippen LogP contribution in [-0.4, -0.2) is 0 Å². The van der Waals surface area contributed by atoms with E-state index in [9.17, 15) is 0 Å².